The molecular weight excluding hydrogens is 330 g/mol. The highest BCUT2D eigenvalue weighted by atomic mass is 35.5. The minimum atomic E-state index is -0.0969. The van der Waals surface area contributed by atoms with Gasteiger partial charge >= 0.3 is 0 Å². The number of aryl methyl sites for hydroxylation is 1. The van der Waals surface area contributed by atoms with Crippen LogP contribution in [0.5, 0.6) is 5.75 Å². The van der Waals surface area contributed by atoms with E-state index >= 15 is 0 Å². The van der Waals surface area contributed by atoms with Gasteiger partial charge in [-0.2, -0.15) is 11.8 Å². The lowest BCUT2D eigenvalue weighted by Crippen LogP contribution is -2.30. The van der Waals surface area contributed by atoms with Crippen LogP contribution in [0.3, 0.4) is 0 Å². The van der Waals surface area contributed by atoms with Gasteiger partial charge in [0.15, 0.2) is 6.61 Å². The number of rotatable bonds is 8. The molecule has 1 N–H and O–H groups in total. The molecule has 0 bridgehead atoms. The number of hydrogen-bond donors (Lipinski definition) is 1. The first-order valence-corrected chi connectivity index (χ1v) is 8.96. The van der Waals surface area contributed by atoms with Gasteiger partial charge in [-0.25, -0.2) is 0 Å². The highest BCUT2D eigenvalue weighted by Crippen LogP contribution is 2.16. The van der Waals surface area contributed by atoms with Crippen LogP contribution >= 0.6 is 23.4 Å². The maximum absolute atomic E-state index is 11.7. The molecule has 0 aliphatic carbocycles. The predicted octanol–water partition coefficient (Wildman–Crippen LogP) is 4.08. The third-order valence-corrected chi connectivity index (χ3v) is 4.49. The van der Waals surface area contributed by atoms with Crippen LogP contribution < -0.4 is 10.1 Å². The quantitative estimate of drug-likeness (QED) is 0.730. The predicted molar refractivity (Wildman–Crippen MR) is 97.3 cm³/mol. The van der Waals surface area contributed by atoms with E-state index in [-0.39, 0.29) is 12.5 Å². The summed E-state index contributed by atoms with van der Waals surface area (Å²) in [5.41, 5.74) is 2.26. The molecule has 2 aromatic rings. The smallest absolute Gasteiger partial charge is 0.257 e. The van der Waals surface area contributed by atoms with E-state index in [9.17, 15) is 4.79 Å². The molecule has 3 nitrogen and oxygen atoms in total. The van der Waals surface area contributed by atoms with Crippen LogP contribution in [0.15, 0.2) is 48.5 Å². The molecule has 23 heavy (non-hydrogen) atoms. The van der Waals surface area contributed by atoms with Gasteiger partial charge in [0.2, 0.25) is 0 Å². The number of para-hydroxylation sites is 1. The molecule has 2 aromatic carbocycles. The van der Waals surface area contributed by atoms with Gasteiger partial charge in [-0.05, 0) is 36.2 Å². The van der Waals surface area contributed by atoms with E-state index in [0.29, 0.717) is 6.54 Å². The molecule has 0 aliphatic rings. The Morgan fingerprint density at radius 3 is 2.65 bits per heavy atom. The minimum Gasteiger partial charge on any atom is -0.484 e. The van der Waals surface area contributed by atoms with Gasteiger partial charge in [0.1, 0.15) is 5.75 Å². The molecule has 0 fully saturated rings. The van der Waals surface area contributed by atoms with Crippen molar-refractivity contribution in [3.63, 3.8) is 0 Å². The number of carbonyl (C=O) groups is 1. The molecule has 5 heteroatoms. The topological polar surface area (TPSA) is 38.3 Å². The van der Waals surface area contributed by atoms with Gasteiger partial charge in [-0.15, -0.1) is 0 Å². The van der Waals surface area contributed by atoms with Crippen molar-refractivity contribution in [2.24, 2.45) is 0 Å². The molecule has 0 radical (unpaired) electrons. The van der Waals surface area contributed by atoms with Crippen LogP contribution in [-0.4, -0.2) is 24.8 Å². The van der Waals surface area contributed by atoms with E-state index in [1.807, 2.05) is 55.5 Å². The molecule has 0 unspecified atom stereocenters. The molecule has 2 rings (SSSR count). The molecule has 0 spiro atoms. The van der Waals surface area contributed by atoms with Gasteiger partial charge < -0.3 is 10.1 Å². The van der Waals surface area contributed by atoms with Gasteiger partial charge in [-0.3, -0.25) is 4.79 Å². The van der Waals surface area contributed by atoms with Crippen molar-refractivity contribution in [1.82, 2.24) is 5.32 Å². The fourth-order valence-corrected chi connectivity index (χ4v) is 2.89. The molecular formula is C18H20ClNO2S. The Bertz CT molecular complexity index is 631. The van der Waals surface area contributed by atoms with Gasteiger partial charge in [0, 0.05) is 23.1 Å². The van der Waals surface area contributed by atoms with Crippen LogP contribution in [0.1, 0.15) is 11.1 Å². The zero-order valence-corrected chi connectivity index (χ0v) is 14.6. The van der Waals surface area contributed by atoms with Crippen molar-refractivity contribution >= 4 is 29.3 Å². The maximum Gasteiger partial charge on any atom is 0.257 e. The summed E-state index contributed by atoms with van der Waals surface area (Å²) in [5.74, 6) is 2.42. The monoisotopic (exact) mass is 349 g/mol. The number of halogens is 1. The molecule has 0 aromatic heterocycles. The fourth-order valence-electron chi connectivity index (χ4n) is 1.95. The standard InChI is InChI=1S/C18H20ClNO2S/c1-14-4-2-3-5-17(14)22-12-18(21)20-10-11-23-13-15-6-8-16(19)9-7-15/h2-9H,10-13H2,1H3,(H,20,21). The zero-order valence-electron chi connectivity index (χ0n) is 13.0. The normalized spacial score (nSPS) is 10.3. The van der Waals surface area contributed by atoms with Crippen molar-refractivity contribution in [3.05, 3.63) is 64.7 Å². The van der Waals surface area contributed by atoms with Crippen molar-refractivity contribution in [1.29, 1.82) is 0 Å². The van der Waals surface area contributed by atoms with Crippen LogP contribution in [-0.2, 0) is 10.5 Å². The van der Waals surface area contributed by atoms with Crippen LogP contribution in [0.2, 0.25) is 5.02 Å². The van der Waals surface area contributed by atoms with E-state index in [0.717, 1.165) is 27.8 Å². The number of hydrogen-bond acceptors (Lipinski definition) is 3. The maximum atomic E-state index is 11.7. The SMILES string of the molecule is Cc1ccccc1OCC(=O)NCCSCc1ccc(Cl)cc1. The highest BCUT2D eigenvalue weighted by molar-refractivity contribution is 7.98. The Morgan fingerprint density at radius 2 is 1.91 bits per heavy atom. The third-order valence-electron chi connectivity index (χ3n) is 3.20. The number of nitrogens with one attached hydrogen (secondary N) is 1. The molecule has 0 saturated carbocycles. The second kappa shape index (κ2) is 9.48. The lowest BCUT2D eigenvalue weighted by molar-refractivity contribution is -0.122. The summed E-state index contributed by atoms with van der Waals surface area (Å²) in [6, 6.07) is 15.5. The lowest BCUT2D eigenvalue weighted by Gasteiger charge is -2.09. The van der Waals surface area contributed by atoms with Crippen molar-refractivity contribution < 1.29 is 9.53 Å². The number of thioether (sulfide) groups is 1. The van der Waals surface area contributed by atoms with E-state index in [1.165, 1.54) is 5.56 Å². The molecule has 1 amide bonds. The van der Waals surface area contributed by atoms with Crippen LogP contribution in [0.4, 0.5) is 0 Å². The Balaban J connectivity index is 1.58. The van der Waals surface area contributed by atoms with E-state index in [1.54, 1.807) is 11.8 Å². The first-order chi connectivity index (χ1) is 11.1. The summed E-state index contributed by atoms with van der Waals surface area (Å²) in [7, 11) is 0. The summed E-state index contributed by atoms with van der Waals surface area (Å²) >= 11 is 7.62. The number of amides is 1. The first kappa shape index (κ1) is 17.7. The van der Waals surface area contributed by atoms with E-state index in [2.05, 4.69) is 5.32 Å². The minimum absolute atomic E-state index is 0.0483. The van der Waals surface area contributed by atoms with Crippen molar-refractivity contribution in [3.8, 4) is 5.75 Å². The average molecular weight is 350 g/mol. The summed E-state index contributed by atoms with van der Waals surface area (Å²) in [5, 5.41) is 3.61. The van der Waals surface area contributed by atoms with Gasteiger partial charge in [0.25, 0.3) is 5.91 Å². The summed E-state index contributed by atoms with van der Waals surface area (Å²) in [6.45, 7) is 2.64. The molecule has 0 saturated heterocycles. The summed E-state index contributed by atoms with van der Waals surface area (Å²) in [6.07, 6.45) is 0. The van der Waals surface area contributed by atoms with Gasteiger partial charge in [0.05, 0.1) is 0 Å². The zero-order chi connectivity index (χ0) is 16.5. The Labute approximate surface area is 146 Å². The Kier molecular flexibility index (Phi) is 7.30. The second-order valence-corrected chi connectivity index (χ2v) is 6.62. The molecule has 122 valence electrons. The molecule has 0 aliphatic heterocycles. The first-order valence-electron chi connectivity index (χ1n) is 7.42. The number of carbonyl (C=O) groups excluding carboxylic acids is 1. The summed E-state index contributed by atoms with van der Waals surface area (Å²) in [4.78, 5) is 11.7. The van der Waals surface area contributed by atoms with E-state index in [4.69, 9.17) is 16.3 Å². The molecule has 0 atom stereocenters. The highest BCUT2D eigenvalue weighted by Gasteiger charge is 2.04. The molecule has 0 heterocycles. The average Bonchev–Trinajstić information content (AvgIpc) is 2.55. The Hall–Kier alpha value is -1.65. The van der Waals surface area contributed by atoms with Crippen molar-refractivity contribution in [2.75, 3.05) is 18.9 Å². The summed E-state index contributed by atoms with van der Waals surface area (Å²) < 4.78 is 5.50. The van der Waals surface area contributed by atoms with Crippen molar-refractivity contribution in [2.45, 2.75) is 12.7 Å². The lowest BCUT2D eigenvalue weighted by atomic mass is 10.2. The van der Waals surface area contributed by atoms with Crippen LogP contribution in [0, 0.1) is 6.92 Å². The number of benzene rings is 2. The van der Waals surface area contributed by atoms with Crippen LogP contribution in [0.25, 0.3) is 0 Å². The largest absolute Gasteiger partial charge is 0.484 e. The fraction of sp³-hybridized carbons (Fsp3) is 0.278. The second-order valence-electron chi connectivity index (χ2n) is 5.08. The Morgan fingerprint density at radius 1 is 1.17 bits per heavy atom. The number of ether oxygens (including phenoxy) is 1. The van der Waals surface area contributed by atoms with Gasteiger partial charge in [-0.1, -0.05) is 41.9 Å². The third kappa shape index (κ3) is 6.55. The van der Waals surface area contributed by atoms with E-state index < -0.39 is 0 Å².